The maximum Gasteiger partial charge on any atom is 0.416 e. The quantitative estimate of drug-likeness (QED) is 0.839. The Balaban J connectivity index is 2.98. The zero-order valence-corrected chi connectivity index (χ0v) is 11.7. The molecule has 1 aromatic carbocycles. The van der Waals surface area contributed by atoms with Gasteiger partial charge in [0, 0.05) is 5.69 Å². The minimum atomic E-state index is -4.41. The number of anilines is 1. The van der Waals surface area contributed by atoms with Gasteiger partial charge in [0.2, 0.25) is 0 Å². The largest absolute Gasteiger partial charge is 0.464 e. The molecule has 0 aliphatic rings. The van der Waals surface area contributed by atoms with Gasteiger partial charge in [0.1, 0.15) is 6.04 Å². The van der Waals surface area contributed by atoms with E-state index in [1.165, 1.54) is 6.07 Å². The number of hydrogen-bond donors (Lipinski definition) is 1. The van der Waals surface area contributed by atoms with Crippen LogP contribution in [0, 0.1) is 6.92 Å². The highest BCUT2D eigenvalue weighted by Gasteiger charge is 2.31. The van der Waals surface area contributed by atoms with Crippen LogP contribution in [0.2, 0.25) is 0 Å². The van der Waals surface area contributed by atoms with Gasteiger partial charge in [-0.3, -0.25) is 0 Å². The Kier molecular flexibility index (Phi) is 5.42. The molecule has 0 aliphatic carbocycles. The maximum absolute atomic E-state index is 12.7. The molecule has 0 amide bonds. The van der Waals surface area contributed by atoms with E-state index in [1.54, 1.807) is 20.8 Å². The van der Waals surface area contributed by atoms with Crippen molar-refractivity contribution in [3.05, 3.63) is 29.3 Å². The first-order chi connectivity index (χ1) is 9.29. The summed E-state index contributed by atoms with van der Waals surface area (Å²) in [5.74, 6) is -0.466. The summed E-state index contributed by atoms with van der Waals surface area (Å²) in [5, 5.41) is 2.82. The first kappa shape index (κ1) is 16.3. The fourth-order valence-corrected chi connectivity index (χ4v) is 1.71. The highest BCUT2D eigenvalue weighted by atomic mass is 19.4. The van der Waals surface area contributed by atoms with Crippen molar-refractivity contribution in [3.8, 4) is 0 Å². The summed E-state index contributed by atoms with van der Waals surface area (Å²) in [6.07, 6.45) is -3.98. The number of esters is 1. The summed E-state index contributed by atoms with van der Waals surface area (Å²) in [4.78, 5) is 11.7. The number of carbonyl (C=O) groups excluding carboxylic acids is 1. The highest BCUT2D eigenvalue weighted by Crippen LogP contribution is 2.32. The predicted octanol–water partition coefficient (Wildman–Crippen LogP) is 3.77. The van der Waals surface area contributed by atoms with Crippen LogP contribution >= 0.6 is 0 Å². The number of rotatable bonds is 5. The molecule has 0 bridgehead atoms. The van der Waals surface area contributed by atoms with Crippen LogP contribution in [-0.2, 0) is 15.7 Å². The summed E-state index contributed by atoms with van der Waals surface area (Å²) in [6, 6.07) is 2.75. The van der Waals surface area contributed by atoms with Crippen molar-refractivity contribution in [2.24, 2.45) is 0 Å². The van der Waals surface area contributed by atoms with Gasteiger partial charge >= 0.3 is 12.1 Å². The van der Waals surface area contributed by atoms with E-state index in [1.807, 2.05) is 0 Å². The van der Waals surface area contributed by atoms with Crippen LogP contribution in [0.25, 0.3) is 0 Å². The second-order valence-electron chi connectivity index (χ2n) is 4.38. The van der Waals surface area contributed by atoms with Crippen LogP contribution in [0.15, 0.2) is 18.2 Å². The summed E-state index contributed by atoms with van der Waals surface area (Å²) < 4.78 is 42.9. The van der Waals surface area contributed by atoms with E-state index in [9.17, 15) is 18.0 Å². The average Bonchev–Trinajstić information content (AvgIpc) is 2.36. The zero-order valence-electron chi connectivity index (χ0n) is 11.7. The second kappa shape index (κ2) is 6.63. The molecule has 0 aromatic heterocycles. The molecular weight excluding hydrogens is 271 g/mol. The van der Waals surface area contributed by atoms with Crippen LogP contribution in [0.1, 0.15) is 31.4 Å². The Morgan fingerprint density at radius 3 is 2.50 bits per heavy atom. The van der Waals surface area contributed by atoms with Gasteiger partial charge in [-0.15, -0.1) is 0 Å². The molecule has 0 saturated heterocycles. The van der Waals surface area contributed by atoms with Gasteiger partial charge in [0.25, 0.3) is 0 Å². The second-order valence-corrected chi connectivity index (χ2v) is 4.38. The summed E-state index contributed by atoms with van der Waals surface area (Å²) in [6.45, 7) is 5.36. The molecule has 1 N–H and O–H groups in total. The van der Waals surface area contributed by atoms with Crippen molar-refractivity contribution in [1.29, 1.82) is 0 Å². The Labute approximate surface area is 116 Å². The fraction of sp³-hybridized carbons (Fsp3) is 0.500. The number of benzene rings is 1. The van der Waals surface area contributed by atoms with Gasteiger partial charge < -0.3 is 10.1 Å². The van der Waals surface area contributed by atoms with E-state index in [2.05, 4.69) is 5.32 Å². The van der Waals surface area contributed by atoms with Gasteiger partial charge in [0.05, 0.1) is 12.2 Å². The molecule has 0 heterocycles. The standard InChI is InChI=1S/C14H18F3NO2/c1-4-11(13(19)20-5-2)18-12-8-10(14(15,16)17)7-6-9(12)3/h6-8,11,18H,4-5H2,1-3H3. The van der Waals surface area contributed by atoms with Crippen molar-refractivity contribution in [1.82, 2.24) is 0 Å². The maximum atomic E-state index is 12.7. The molecule has 1 unspecified atom stereocenters. The molecule has 0 spiro atoms. The lowest BCUT2D eigenvalue weighted by molar-refractivity contribution is -0.144. The highest BCUT2D eigenvalue weighted by molar-refractivity contribution is 5.79. The molecule has 1 rings (SSSR count). The van der Waals surface area contributed by atoms with Crippen molar-refractivity contribution >= 4 is 11.7 Å². The number of alkyl halides is 3. The van der Waals surface area contributed by atoms with E-state index in [0.29, 0.717) is 17.7 Å². The lowest BCUT2D eigenvalue weighted by Crippen LogP contribution is -2.31. The third kappa shape index (κ3) is 4.15. The molecular formula is C14H18F3NO2. The Morgan fingerprint density at radius 2 is 2.00 bits per heavy atom. The SMILES string of the molecule is CCOC(=O)C(CC)Nc1cc(C(F)(F)F)ccc1C. The molecule has 1 atom stereocenters. The predicted molar refractivity (Wildman–Crippen MR) is 70.5 cm³/mol. The molecule has 0 saturated carbocycles. The molecule has 20 heavy (non-hydrogen) atoms. The van der Waals surface area contributed by atoms with E-state index in [0.717, 1.165) is 12.1 Å². The fourth-order valence-electron chi connectivity index (χ4n) is 1.71. The van der Waals surface area contributed by atoms with Crippen LogP contribution < -0.4 is 5.32 Å². The number of halogens is 3. The molecule has 0 aliphatic heterocycles. The number of hydrogen-bond acceptors (Lipinski definition) is 3. The minimum absolute atomic E-state index is 0.235. The number of nitrogens with one attached hydrogen (secondary N) is 1. The first-order valence-electron chi connectivity index (χ1n) is 6.40. The van der Waals surface area contributed by atoms with E-state index in [-0.39, 0.29) is 6.61 Å². The molecule has 1 aromatic rings. The van der Waals surface area contributed by atoms with Gasteiger partial charge in [-0.25, -0.2) is 4.79 Å². The van der Waals surface area contributed by atoms with Crippen LogP contribution in [0.3, 0.4) is 0 Å². The molecule has 6 heteroatoms. The lowest BCUT2D eigenvalue weighted by Gasteiger charge is -2.19. The normalized spacial score (nSPS) is 12.9. The third-order valence-corrected chi connectivity index (χ3v) is 2.87. The van der Waals surface area contributed by atoms with Crippen molar-refractivity contribution < 1.29 is 22.7 Å². The topological polar surface area (TPSA) is 38.3 Å². The average molecular weight is 289 g/mol. The van der Waals surface area contributed by atoms with E-state index < -0.39 is 23.8 Å². The van der Waals surface area contributed by atoms with Crippen LogP contribution in [-0.4, -0.2) is 18.6 Å². The summed E-state index contributed by atoms with van der Waals surface area (Å²) in [7, 11) is 0. The molecule has 0 radical (unpaired) electrons. The van der Waals surface area contributed by atoms with Gasteiger partial charge in [-0.2, -0.15) is 13.2 Å². The Morgan fingerprint density at radius 1 is 1.35 bits per heavy atom. The molecule has 3 nitrogen and oxygen atoms in total. The van der Waals surface area contributed by atoms with Gasteiger partial charge in [0.15, 0.2) is 0 Å². The van der Waals surface area contributed by atoms with Gasteiger partial charge in [-0.05, 0) is 38.0 Å². The van der Waals surface area contributed by atoms with Crippen LogP contribution in [0.5, 0.6) is 0 Å². The van der Waals surface area contributed by atoms with Crippen molar-refractivity contribution in [3.63, 3.8) is 0 Å². The van der Waals surface area contributed by atoms with Crippen LogP contribution in [0.4, 0.5) is 18.9 Å². The number of carbonyl (C=O) groups is 1. The van der Waals surface area contributed by atoms with Gasteiger partial charge in [-0.1, -0.05) is 13.0 Å². The zero-order chi connectivity index (χ0) is 15.3. The first-order valence-corrected chi connectivity index (χ1v) is 6.40. The third-order valence-electron chi connectivity index (χ3n) is 2.87. The smallest absolute Gasteiger partial charge is 0.416 e. The van der Waals surface area contributed by atoms with Crippen molar-refractivity contribution in [2.75, 3.05) is 11.9 Å². The molecule has 112 valence electrons. The van der Waals surface area contributed by atoms with E-state index in [4.69, 9.17) is 4.74 Å². The lowest BCUT2D eigenvalue weighted by atomic mass is 10.1. The summed E-state index contributed by atoms with van der Waals surface area (Å²) >= 11 is 0. The van der Waals surface area contributed by atoms with Crippen molar-refractivity contribution in [2.45, 2.75) is 39.4 Å². The Hall–Kier alpha value is -1.72. The number of ether oxygens (including phenoxy) is 1. The Bertz CT molecular complexity index is 472. The number of aryl methyl sites for hydroxylation is 1. The monoisotopic (exact) mass is 289 g/mol. The van der Waals surface area contributed by atoms with E-state index >= 15 is 0 Å². The molecule has 0 fully saturated rings. The summed E-state index contributed by atoms with van der Waals surface area (Å²) in [5.41, 5.74) is 0.185. The minimum Gasteiger partial charge on any atom is -0.464 e.